The minimum atomic E-state index is -3.62. The standard InChI is InChI=1S/C20H20N2O5S/c1-13-6-4-5-7-15(13)17-11-20(24)27-18-10-14(8-9-16(17)18)22(2)12-19(23)21-28(3,25)26/h4-11H,12H2,1-3H3,(H,21,23). The van der Waals surface area contributed by atoms with E-state index in [-0.39, 0.29) is 6.54 Å². The van der Waals surface area contributed by atoms with Crippen molar-refractivity contribution in [3.05, 3.63) is 64.5 Å². The predicted octanol–water partition coefficient (Wildman–Crippen LogP) is 2.28. The highest BCUT2D eigenvalue weighted by Gasteiger charge is 2.14. The van der Waals surface area contributed by atoms with Crippen molar-refractivity contribution < 1.29 is 17.6 Å². The van der Waals surface area contributed by atoms with Crippen LogP contribution in [-0.2, 0) is 14.8 Å². The van der Waals surface area contributed by atoms with Gasteiger partial charge in [-0.15, -0.1) is 0 Å². The summed E-state index contributed by atoms with van der Waals surface area (Å²) in [5, 5.41) is 0.770. The molecule has 28 heavy (non-hydrogen) atoms. The molecule has 0 aliphatic rings. The first-order valence-electron chi connectivity index (χ1n) is 8.50. The zero-order valence-electron chi connectivity index (χ0n) is 15.7. The summed E-state index contributed by atoms with van der Waals surface area (Å²) < 4.78 is 29.6. The molecule has 1 heterocycles. The summed E-state index contributed by atoms with van der Waals surface area (Å²) in [6.45, 7) is 1.80. The number of fused-ring (bicyclic) bond motifs is 1. The van der Waals surface area contributed by atoms with Crippen LogP contribution in [0.4, 0.5) is 5.69 Å². The van der Waals surface area contributed by atoms with E-state index in [0.29, 0.717) is 11.3 Å². The van der Waals surface area contributed by atoms with Gasteiger partial charge in [-0.25, -0.2) is 13.2 Å². The Morgan fingerprint density at radius 1 is 1.11 bits per heavy atom. The van der Waals surface area contributed by atoms with Gasteiger partial charge in [0.2, 0.25) is 10.0 Å². The Hall–Kier alpha value is -3.13. The van der Waals surface area contributed by atoms with E-state index in [4.69, 9.17) is 4.42 Å². The molecule has 0 aliphatic heterocycles. The molecule has 0 saturated heterocycles. The van der Waals surface area contributed by atoms with Gasteiger partial charge >= 0.3 is 5.63 Å². The number of nitrogens with one attached hydrogen (secondary N) is 1. The number of hydrogen-bond donors (Lipinski definition) is 1. The quantitative estimate of drug-likeness (QED) is 0.660. The van der Waals surface area contributed by atoms with Crippen molar-refractivity contribution in [3.63, 3.8) is 0 Å². The van der Waals surface area contributed by atoms with Crippen molar-refractivity contribution in [3.8, 4) is 11.1 Å². The number of anilines is 1. The van der Waals surface area contributed by atoms with Crippen LogP contribution in [0, 0.1) is 6.92 Å². The minimum Gasteiger partial charge on any atom is -0.423 e. The summed E-state index contributed by atoms with van der Waals surface area (Å²) in [4.78, 5) is 25.5. The Morgan fingerprint density at radius 3 is 2.50 bits per heavy atom. The summed E-state index contributed by atoms with van der Waals surface area (Å²) in [6.07, 6.45) is 0.919. The molecule has 0 atom stereocenters. The van der Waals surface area contributed by atoms with Crippen molar-refractivity contribution in [2.45, 2.75) is 6.92 Å². The second kappa shape index (κ2) is 7.47. The molecule has 2 aromatic carbocycles. The minimum absolute atomic E-state index is 0.166. The molecule has 146 valence electrons. The van der Waals surface area contributed by atoms with E-state index in [1.807, 2.05) is 42.0 Å². The molecule has 3 rings (SSSR count). The lowest BCUT2D eigenvalue weighted by atomic mass is 9.98. The molecule has 0 saturated carbocycles. The second-order valence-corrected chi connectivity index (χ2v) is 8.38. The van der Waals surface area contributed by atoms with Crippen LogP contribution < -0.4 is 15.2 Å². The van der Waals surface area contributed by atoms with Gasteiger partial charge in [-0.05, 0) is 30.2 Å². The molecule has 7 nitrogen and oxygen atoms in total. The van der Waals surface area contributed by atoms with Crippen molar-refractivity contribution in [2.24, 2.45) is 0 Å². The summed E-state index contributed by atoms with van der Waals surface area (Å²) in [5.74, 6) is -0.653. The average molecular weight is 400 g/mol. The molecule has 0 aliphatic carbocycles. The number of carbonyl (C=O) groups is 1. The zero-order valence-corrected chi connectivity index (χ0v) is 16.5. The van der Waals surface area contributed by atoms with E-state index in [0.717, 1.165) is 28.3 Å². The number of sulfonamides is 1. The molecule has 8 heteroatoms. The third-order valence-electron chi connectivity index (χ3n) is 4.28. The van der Waals surface area contributed by atoms with Gasteiger partial charge in [-0.3, -0.25) is 9.52 Å². The molecule has 1 aromatic heterocycles. The fraction of sp³-hybridized carbons (Fsp3) is 0.200. The Morgan fingerprint density at radius 2 is 1.82 bits per heavy atom. The van der Waals surface area contributed by atoms with Gasteiger partial charge in [0.1, 0.15) is 5.58 Å². The number of benzene rings is 2. The average Bonchev–Trinajstić information content (AvgIpc) is 2.59. The van der Waals surface area contributed by atoms with E-state index in [1.165, 1.54) is 6.07 Å². The molecule has 0 fully saturated rings. The number of hydrogen-bond acceptors (Lipinski definition) is 6. The Kier molecular flexibility index (Phi) is 5.24. The largest absolute Gasteiger partial charge is 0.423 e. The van der Waals surface area contributed by atoms with Crippen LogP contribution in [0.3, 0.4) is 0 Å². The van der Waals surface area contributed by atoms with Crippen LogP contribution in [-0.4, -0.2) is 34.2 Å². The molecule has 0 radical (unpaired) electrons. The Bertz CT molecular complexity index is 1210. The van der Waals surface area contributed by atoms with E-state index in [9.17, 15) is 18.0 Å². The van der Waals surface area contributed by atoms with E-state index in [2.05, 4.69) is 0 Å². The lowest BCUT2D eigenvalue weighted by Gasteiger charge is -2.19. The number of nitrogens with zero attached hydrogens (tertiary/aromatic N) is 1. The van der Waals surface area contributed by atoms with Crippen LogP contribution in [0.25, 0.3) is 22.1 Å². The lowest BCUT2D eigenvalue weighted by molar-refractivity contribution is -0.118. The topological polar surface area (TPSA) is 96.7 Å². The molecular weight excluding hydrogens is 380 g/mol. The Labute approximate surface area is 162 Å². The Balaban J connectivity index is 2.00. The molecule has 1 amide bonds. The van der Waals surface area contributed by atoms with Crippen LogP contribution in [0.1, 0.15) is 5.56 Å². The number of amides is 1. The summed E-state index contributed by atoms with van der Waals surface area (Å²) in [5.41, 5.74) is 3.27. The zero-order chi connectivity index (χ0) is 20.5. The fourth-order valence-corrected chi connectivity index (χ4v) is 3.51. The van der Waals surface area contributed by atoms with Crippen LogP contribution in [0.15, 0.2) is 57.7 Å². The third kappa shape index (κ3) is 4.40. The van der Waals surface area contributed by atoms with Gasteiger partial charge in [-0.2, -0.15) is 0 Å². The van der Waals surface area contributed by atoms with Crippen molar-refractivity contribution in [2.75, 3.05) is 24.7 Å². The summed E-state index contributed by atoms with van der Waals surface area (Å²) in [6, 6.07) is 14.5. The SMILES string of the molecule is Cc1ccccc1-c1cc(=O)oc2cc(N(C)CC(=O)NS(C)(=O)=O)ccc12. The monoisotopic (exact) mass is 400 g/mol. The highest BCUT2D eigenvalue weighted by molar-refractivity contribution is 7.89. The number of carbonyl (C=O) groups excluding carboxylic acids is 1. The van der Waals surface area contributed by atoms with Crippen LogP contribution in [0.2, 0.25) is 0 Å². The van der Waals surface area contributed by atoms with Gasteiger partial charge in [0.05, 0.1) is 12.8 Å². The highest BCUT2D eigenvalue weighted by Crippen LogP contribution is 2.31. The highest BCUT2D eigenvalue weighted by atomic mass is 32.2. The first-order valence-corrected chi connectivity index (χ1v) is 10.4. The number of likely N-dealkylation sites (N-methyl/N-ethyl adjacent to an activating group) is 1. The maximum atomic E-state index is 12.1. The number of rotatable bonds is 5. The van der Waals surface area contributed by atoms with Gasteiger partial charge in [0.25, 0.3) is 5.91 Å². The van der Waals surface area contributed by atoms with E-state index in [1.54, 1.807) is 24.1 Å². The van der Waals surface area contributed by atoms with E-state index >= 15 is 0 Å². The molecule has 1 N–H and O–H groups in total. The molecule has 0 unspecified atom stereocenters. The normalized spacial score (nSPS) is 11.4. The summed E-state index contributed by atoms with van der Waals surface area (Å²) in [7, 11) is -1.97. The van der Waals surface area contributed by atoms with Crippen LogP contribution >= 0.6 is 0 Å². The smallest absolute Gasteiger partial charge is 0.336 e. The van der Waals surface area contributed by atoms with Crippen molar-refractivity contribution in [1.82, 2.24) is 4.72 Å². The molecule has 0 spiro atoms. The maximum Gasteiger partial charge on any atom is 0.336 e. The molecule has 3 aromatic rings. The first-order chi connectivity index (χ1) is 13.1. The maximum absolute atomic E-state index is 12.1. The second-order valence-electron chi connectivity index (χ2n) is 6.63. The molecular formula is C20H20N2O5S. The predicted molar refractivity (Wildman–Crippen MR) is 109 cm³/mol. The third-order valence-corrected chi connectivity index (χ3v) is 4.88. The fourth-order valence-electron chi connectivity index (χ4n) is 3.03. The van der Waals surface area contributed by atoms with Gasteiger partial charge in [-0.1, -0.05) is 24.3 Å². The van der Waals surface area contributed by atoms with E-state index < -0.39 is 21.6 Å². The van der Waals surface area contributed by atoms with Gasteiger partial charge < -0.3 is 9.32 Å². The number of aryl methyl sites for hydroxylation is 1. The summed E-state index contributed by atoms with van der Waals surface area (Å²) >= 11 is 0. The van der Waals surface area contributed by atoms with Gasteiger partial charge in [0.15, 0.2) is 0 Å². The molecule has 0 bridgehead atoms. The first kappa shape index (κ1) is 19.6. The van der Waals surface area contributed by atoms with Crippen molar-refractivity contribution in [1.29, 1.82) is 0 Å². The van der Waals surface area contributed by atoms with Gasteiger partial charge in [0, 0.05) is 35.8 Å². The van der Waals surface area contributed by atoms with Crippen LogP contribution in [0.5, 0.6) is 0 Å². The van der Waals surface area contributed by atoms with Crippen molar-refractivity contribution >= 4 is 32.6 Å². The lowest BCUT2D eigenvalue weighted by Crippen LogP contribution is -2.38.